The molecule has 4 heterocycles. The molecule has 0 fully saturated rings. The fourth-order valence-corrected chi connectivity index (χ4v) is 20.3. The highest BCUT2D eigenvalue weighted by Gasteiger charge is 2.27. The highest BCUT2D eigenvalue weighted by Crippen LogP contribution is 2.52. The first-order chi connectivity index (χ1) is 59.5. The lowest BCUT2D eigenvalue weighted by Gasteiger charge is -2.13. The van der Waals surface area contributed by atoms with Gasteiger partial charge in [0.1, 0.15) is 0 Å². The zero-order valence-electron chi connectivity index (χ0n) is 65.4. The van der Waals surface area contributed by atoms with Crippen LogP contribution in [0.15, 0.2) is 437 Å². The van der Waals surface area contributed by atoms with E-state index in [2.05, 4.69) is 455 Å². The van der Waals surface area contributed by atoms with Gasteiger partial charge in [-0.15, -0.1) is 0 Å². The van der Waals surface area contributed by atoms with Gasteiger partial charge >= 0.3 is 0 Å². The Hall–Kier alpha value is -15.9. The van der Waals surface area contributed by atoms with Gasteiger partial charge in [-0.3, -0.25) is 0 Å². The highest BCUT2D eigenvalue weighted by atomic mass is 15.0. The molecule has 0 spiro atoms. The molecule has 0 radical (unpaired) electrons. The maximum Gasteiger partial charge on any atom is 0.0541 e. The molecule has 0 saturated carbocycles. The van der Waals surface area contributed by atoms with E-state index in [1.807, 2.05) is 0 Å². The molecule has 2 aliphatic rings. The van der Waals surface area contributed by atoms with Crippen LogP contribution in [-0.4, -0.2) is 18.3 Å². The minimum absolute atomic E-state index is 1.15. The average Bonchev–Trinajstić information content (AvgIpc) is 1.59. The number of nitrogens with zero attached hydrogens (tertiary/aromatic N) is 4. The van der Waals surface area contributed by atoms with Gasteiger partial charge in [-0.25, -0.2) is 0 Å². The van der Waals surface area contributed by atoms with Crippen LogP contribution < -0.4 is 0 Å². The molecule has 0 unspecified atom stereocenters. The molecule has 20 aromatic carbocycles. The van der Waals surface area contributed by atoms with Crippen molar-refractivity contribution in [3.63, 3.8) is 0 Å². The van der Waals surface area contributed by atoms with Crippen molar-refractivity contribution in [2.45, 2.75) is 0 Å². The van der Waals surface area contributed by atoms with Crippen molar-refractivity contribution >= 4 is 109 Å². The van der Waals surface area contributed by atoms with E-state index >= 15 is 0 Å². The predicted octanol–water partition coefficient (Wildman–Crippen LogP) is 31.4. The lowest BCUT2D eigenvalue weighted by atomic mass is 9.94. The second kappa shape index (κ2) is 26.9. The summed E-state index contributed by atoms with van der Waals surface area (Å²) >= 11 is 0. The van der Waals surface area contributed by atoms with Crippen LogP contribution in [0.1, 0.15) is 0 Å². The summed E-state index contributed by atoms with van der Waals surface area (Å²) in [5.41, 5.74) is 39.6. The number of aromatic nitrogens is 4. The SMILES string of the molecule is c1ccc(-c2ccc(-n3c4ccccc4c4cc(-c5ccc6c(c5)c5ccccc5n6-c5ccc(-c6ccc7c8c(cccc68)-c6ccccc6-7)cc5)ccc43)cc2)cc1.c1ccc(-c2ccc(-n3c4ccccc4c4cc(-c5ccc6c(c5)c5ccccc5n6-c5cccc(-c6ccc7c8c(cccc68)-c6ccccc6-7)c5)ccc43)cc2)cc1. The van der Waals surface area contributed by atoms with Gasteiger partial charge in [-0.1, -0.05) is 315 Å². The summed E-state index contributed by atoms with van der Waals surface area (Å²) in [4.78, 5) is 0. The molecule has 0 N–H and O–H groups in total. The minimum atomic E-state index is 1.15. The van der Waals surface area contributed by atoms with E-state index in [0.717, 1.165) is 22.7 Å². The standard InChI is InChI=1S/2C58H36N2/c1-2-12-37(13-3-1)38-24-28-42(29-25-38)59-54-22-8-6-18-47(54)52-35-39(26-32-56(52)59)40-27-33-57-53(36-40)48-19-7-9-23-55(48)60(57)43-15-10-14-41(34-43)44-30-31-51-46-17-5-4-16-45(46)50-21-11-20-49(44)58(50)51;1-2-11-37(12-3-1)38-21-27-42(28-22-38)59-54-19-8-6-15-47(54)52-35-40(25-33-56(52)59)41-26-34-57-53(36-41)48-16-7-9-20-55(48)60(57)43-29-23-39(24-30-43)44-31-32-51-46-14-5-4-13-45(46)50-18-10-17-49(44)58(50)51/h2*1-36H. The Kier molecular flexibility index (Phi) is 15.1. The van der Waals surface area contributed by atoms with Crippen LogP contribution in [0.2, 0.25) is 0 Å². The van der Waals surface area contributed by atoms with E-state index in [0.29, 0.717) is 0 Å². The quantitative estimate of drug-likeness (QED) is 0.130. The van der Waals surface area contributed by atoms with Gasteiger partial charge in [0.05, 0.1) is 44.1 Å². The van der Waals surface area contributed by atoms with E-state index in [-0.39, 0.29) is 0 Å². The highest BCUT2D eigenvalue weighted by molar-refractivity contribution is 6.21. The van der Waals surface area contributed by atoms with Crippen LogP contribution in [0, 0.1) is 0 Å². The van der Waals surface area contributed by atoms with Crippen molar-refractivity contribution < 1.29 is 0 Å². The molecule has 26 rings (SSSR count). The summed E-state index contributed by atoms with van der Waals surface area (Å²) < 4.78 is 9.66. The summed E-state index contributed by atoms with van der Waals surface area (Å²) in [6.07, 6.45) is 0. The summed E-state index contributed by atoms with van der Waals surface area (Å²) in [6.45, 7) is 0. The smallest absolute Gasteiger partial charge is 0.0541 e. The van der Waals surface area contributed by atoms with Crippen LogP contribution >= 0.6 is 0 Å². The third-order valence-corrected chi connectivity index (χ3v) is 25.8. The summed E-state index contributed by atoms with van der Waals surface area (Å²) in [5, 5.41) is 15.3. The molecule has 0 amide bonds. The molecule has 0 atom stereocenters. The second-order valence-electron chi connectivity index (χ2n) is 32.1. The zero-order chi connectivity index (χ0) is 78.6. The Morgan fingerprint density at radius 3 is 0.717 bits per heavy atom. The first-order valence-electron chi connectivity index (χ1n) is 41.5. The predicted molar refractivity (Wildman–Crippen MR) is 507 cm³/mol. The van der Waals surface area contributed by atoms with Gasteiger partial charge in [0, 0.05) is 65.8 Å². The first-order valence-corrected chi connectivity index (χ1v) is 41.5. The molecule has 0 bridgehead atoms. The van der Waals surface area contributed by atoms with E-state index in [4.69, 9.17) is 0 Å². The van der Waals surface area contributed by atoms with Crippen LogP contribution in [-0.2, 0) is 0 Å². The molecule has 24 aromatic rings. The number of rotatable bonds is 10. The van der Waals surface area contributed by atoms with Gasteiger partial charge in [-0.05, 0) is 254 Å². The third kappa shape index (κ3) is 10.4. The Labute approximate surface area is 693 Å². The molecular formula is C116H72N4. The number of hydrogen-bond acceptors (Lipinski definition) is 0. The molecule has 4 heteroatoms. The Bertz CT molecular complexity index is 8300. The number of benzene rings is 20. The van der Waals surface area contributed by atoms with Crippen LogP contribution in [0.3, 0.4) is 0 Å². The normalized spacial score (nSPS) is 12.0. The van der Waals surface area contributed by atoms with Crippen molar-refractivity contribution in [2.24, 2.45) is 0 Å². The third-order valence-electron chi connectivity index (χ3n) is 25.8. The minimum Gasteiger partial charge on any atom is -0.309 e. The van der Waals surface area contributed by atoms with E-state index in [1.54, 1.807) is 0 Å². The first kappa shape index (κ1) is 67.5. The average molecular weight is 1520 g/mol. The fourth-order valence-electron chi connectivity index (χ4n) is 20.3. The van der Waals surface area contributed by atoms with Crippen molar-refractivity contribution in [1.82, 2.24) is 18.3 Å². The van der Waals surface area contributed by atoms with Gasteiger partial charge in [0.2, 0.25) is 0 Å². The van der Waals surface area contributed by atoms with Crippen molar-refractivity contribution in [3.8, 4) is 134 Å². The molecule has 4 nitrogen and oxygen atoms in total. The molecule has 2 aliphatic carbocycles. The summed E-state index contributed by atoms with van der Waals surface area (Å²) in [7, 11) is 0. The molecule has 0 aliphatic heterocycles. The maximum atomic E-state index is 2.44. The van der Waals surface area contributed by atoms with Crippen molar-refractivity contribution in [1.29, 1.82) is 0 Å². The van der Waals surface area contributed by atoms with E-state index in [1.165, 1.54) is 220 Å². The lowest BCUT2D eigenvalue weighted by Crippen LogP contribution is -1.94. The largest absolute Gasteiger partial charge is 0.309 e. The Morgan fingerprint density at radius 1 is 0.108 bits per heavy atom. The monoisotopic (exact) mass is 1520 g/mol. The lowest BCUT2D eigenvalue weighted by molar-refractivity contribution is 1.18. The number of hydrogen-bond donors (Lipinski definition) is 0. The van der Waals surface area contributed by atoms with E-state index in [9.17, 15) is 0 Å². The van der Waals surface area contributed by atoms with E-state index < -0.39 is 0 Å². The van der Waals surface area contributed by atoms with Crippen LogP contribution in [0.25, 0.3) is 243 Å². The van der Waals surface area contributed by atoms with Gasteiger partial charge < -0.3 is 18.3 Å². The van der Waals surface area contributed by atoms with Crippen LogP contribution in [0.5, 0.6) is 0 Å². The van der Waals surface area contributed by atoms with Crippen molar-refractivity contribution in [2.75, 3.05) is 0 Å². The van der Waals surface area contributed by atoms with Gasteiger partial charge in [0.25, 0.3) is 0 Å². The van der Waals surface area contributed by atoms with Crippen molar-refractivity contribution in [3.05, 3.63) is 437 Å². The number of fused-ring (bicyclic) bond motifs is 18. The maximum absolute atomic E-state index is 2.44. The molecule has 4 aromatic heterocycles. The van der Waals surface area contributed by atoms with Crippen LogP contribution in [0.4, 0.5) is 0 Å². The molecular weight excluding hydrogens is 1450 g/mol. The Morgan fingerprint density at radius 2 is 0.350 bits per heavy atom. The topological polar surface area (TPSA) is 19.7 Å². The summed E-state index contributed by atoms with van der Waals surface area (Å²) in [5.74, 6) is 0. The summed E-state index contributed by atoms with van der Waals surface area (Å²) in [6, 6.07) is 161. The van der Waals surface area contributed by atoms with Gasteiger partial charge in [0.15, 0.2) is 0 Å². The number of para-hydroxylation sites is 4. The second-order valence-corrected chi connectivity index (χ2v) is 32.1. The molecule has 120 heavy (non-hydrogen) atoms. The zero-order valence-corrected chi connectivity index (χ0v) is 65.4. The molecule has 0 saturated heterocycles. The Balaban J connectivity index is 0.000000133. The van der Waals surface area contributed by atoms with Gasteiger partial charge in [-0.2, -0.15) is 0 Å². The fraction of sp³-hybridized carbons (Fsp3) is 0. The molecule has 556 valence electrons.